The van der Waals surface area contributed by atoms with Gasteiger partial charge in [0.15, 0.2) is 0 Å². The fraction of sp³-hybridized carbons (Fsp3) is 0.143. The van der Waals surface area contributed by atoms with Crippen LogP contribution in [0.2, 0.25) is 10.0 Å². The van der Waals surface area contributed by atoms with Crippen molar-refractivity contribution < 1.29 is 19.1 Å². The first-order chi connectivity index (χ1) is 13.5. The highest BCUT2D eigenvalue weighted by Gasteiger charge is 2.22. The van der Waals surface area contributed by atoms with Gasteiger partial charge in [-0.3, -0.25) is 0 Å². The SMILES string of the molecule is CCOC(=O)c1[nH]c2cc(Cl)cc(Cl)c2c1/C=C(\C(=O)OC)c1ccccc1. The Balaban J connectivity index is 2.32. The van der Waals surface area contributed by atoms with Crippen LogP contribution in [0.15, 0.2) is 42.5 Å². The van der Waals surface area contributed by atoms with Gasteiger partial charge >= 0.3 is 11.9 Å². The third-order valence-corrected chi connectivity index (χ3v) is 4.63. The molecule has 0 atom stereocenters. The summed E-state index contributed by atoms with van der Waals surface area (Å²) in [6.45, 7) is 1.91. The Morgan fingerprint density at radius 3 is 2.50 bits per heavy atom. The molecule has 0 saturated carbocycles. The summed E-state index contributed by atoms with van der Waals surface area (Å²) in [6.07, 6.45) is 1.58. The van der Waals surface area contributed by atoms with E-state index in [9.17, 15) is 9.59 Å². The first-order valence-corrected chi connectivity index (χ1v) is 9.25. The first-order valence-electron chi connectivity index (χ1n) is 8.49. The highest BCUT2D eigenvalue weighted by atomic mass is 35.5. The molecule has 0 fully saturated rings. The molecule has 7 heteroatoms. The summed E-state index contributed by atoms with van der Waals surface area (Å²) >= 11 is 12.5. The minimum atomic E-state index is -0.561. The van der Waals surface area contributed by atoms with Crippen LogP contribution in [-0.2, 0) is 14.3 Å². The lowest BCUT2D eigenvalue weighted by molar-refractivity contribution is -0.133. The van der Waals surface area contributed by atoms with Crippen LogP contribution in [0, 0.1) is 0 Å². The number of carbonyl (C=O) groups is 2. The van der Waals surface area contributed by atoms with Gasteiger partial charge in [0, 0.05) is 21.5 Å². The molecule has 28 heavy (non-hydrogen) atoms. The molecule has 0 amide bonds. The topological polar surface area (TPSA) is 68.4 Å². The summed E-state index contributed by atoms with van der Waals surface area (Å²) in [6, 6.07) is 12.2. The molecular formula is C21H17Cl2NO4. The van der Waals surface area contributed by atoms with Crippen molar-refractivity contribution in [1.29, 1.82) is 0 Å². The molecule has 0 saturated heterocycles. The molecule has 0 bridgehead atoms. The molecule has 0 aliphatic heterocycles. The zero-order chi connectivity index (χ0) is 20.3. The highest BCUT2D eigenvalue weighted by molar-refractivity contribution is 6.39. The maximum absolute atomic E-state index is 12.5. The zero-order valence-electron chi connectivity index (χ0n) is 15.2. The number of benzene rings is 2. The van der Waals surface area contributed by atoms with E-state index in [1.807, 2.05) is 6.07 Å². The van der Waals surface area contributed by atoms with Crippen molar-refractivity contribution in [2.45, 2.75) is 6.92 Å². The number of methoxy groups -OCH3 is 1. The predicted octanol–water partition coefficient (Wildman–Crippen LogP) is 5.37. The summed E-state index contributed by atoms with van der Waals surface area (Å²) in [4.78, 5) is 28.0. The number of nitrogens with one attached hydrogen (secondary N) is 1. The molecule has 0 unspecified atom stereocenters. The zero-order valence-corrected chi connectivity index (χ0v) is 16.7. The summed E-state index contributed by atoms with van der Waals surface area (Å²) in [5, 5.41) is 1.32. The van der Waals surface area contributed by atoms with Crippen LogP contribution < -0.4 is 0 Å². The number of aromatic amines is 1. The van der Waals surface area contributed by atoms with Gasteiger partial charge in [-0.15, -0.1) is 0 Å². The van der Waals surface area contributed by atoms with Crippen molar-refractivity contribution in [1.82, 2.24) is 4.98 Å². The fourth-order valence-electron chi connectivity index (χ4n) is 2.91. The number of H-pyrrole nitrogens is 1. The second-order valence-electron chi connectivity index (χ2n) is 5.86. The van der Waals surface area contributed by atoms with E-state index < -0.39 is 11.9 Å². The molecule has 0 aliphatic carbocycles. The predicted molar refractivity (Wildman–Crippen MR) is 111 cm³/mol. The maximum Gasteiger partial charge on any atom is 0.355 e. The Morgan fingerprint density at radius 1 is 1.14 bits per heavy atom. The van der Waals surface area contributed by atoms with E-state index >= 15 is 0 Å². The van der Waals surface area contributed by atoms with Gasteiger partial charge in [-0.1, -0.05) is 53.5 Å². The van der Waals surface area contributed by atoms with E-state index in [4.69, 9.17) is 32.7 Å². The van der Waals surface area contributed by atoms with E-state index in [1.165, 1.54) is 7.11 Å². The van der Waals surface area contributed by atoms with Crippen LogP contribution in [0.3, 0.4) is 0 Å². The normalized spacial score (nSPS) is 11.5. The number of esters is 2. The smallest absolute Gasteiger partial charge is 0.355 e. The van der Waals surface area contributed by atoms with Crippen molar-refractivity contribution in [3.8, 4) is 0 Å². The number of hydrogen-bond acceptors (Lipinski definition) is 4. The van der Waals surface area contributed by atoms with Crippen LogP contribution in [0.5, 0.6) is 0 Å². The quantitative estimate of drug-likeness (QED) is 0.447. The average molecular weight is 418 g/mol. The van der Waals surface area contributed by atoms with Crippen LogP contribution in [0.4, 0.5) is 0 Å². The minimum Gasteiger partial charge on any atom is -0.465 e. The van der Waals surface area contributed by atoms with Gasteiger partial charge in [0.05, 0.1) is 24.3 Å². The van der Waals surface area contributed by atoms with Gasteiger partial charge in [-0.25, -0.2) is 9.59 Å². The second-order valence-corrected chi connectivity index (χ2v) is 6.70. The van der Waals surface area contributed by atoms with Gasteiger partial charge in [0.2, 0.25) is 0 Å². The van der Waals surface area contributed by atoms with E-state index in [2.05, 4.69) is 4.98 Å². The molecule has 5 nitrogen and oxygen atoms in total. The van der Waals surface area contributed by atoms with Gasteiger partial charge in [0.25, 0.3) is 0 Å². The van der Waals surface area contributed by atoms with Crippen molar-refractivity contribution in [2.75, 3.05) is 13.7 Å². The van der Waals surface area contributed by atoms with E-state index in [1.54, 1.807) is 49.4 Å². The number of hydrogen-bond donors (Lipinski definition) is 1. The Labute approximate surface area is 171 Å². The number of halogens is 2. The van der Waals surface area contributed by atoms with E-state index in [-0.39, 0.29) is 17.9 Å². The third kappa shape index (κ3) is 3.91. The molecule has 1 heterocycles. The number of aromatic nitrogens is 1. The summed E-state index contributed by atoms with van der Waals surface area (Å²) < 4.78 is 10.1. The fourth-order valence-corrected chi connectivity index (χ4v) is 3.51. The molecule has 0 spiro atoms. The van der Waals surface area contributed by atoms with E-state index in [0.29, 0.717) is 32.1 Å². The summed E-state index contributed by atoms with van der Waals surface area (Å²) in [7, 11) is 1.30. The first kappa shape index (κ1) is 20.0. The van der Waals surface area contributed by atoms with Gasteiger partial charge in [0.1, 0.15) is 5.69 Å². The lowest BCUT2D eigenvalue weighted by atomic mass is 10.0. The van der Waals surface area contributed by atoms with Gasteiger partial charge in [-0.05, 0) is 30.7 Å². The van der Waals surface area contributed by atoms with Crippen molar-refractivity contribution in [3.05, 3.63) is 69.3 Å². The number of rotatable bonds is 5. The number of fused-ring (bicyclic) bond motifs is 1. The van der Waals surface area contributed by atoms with Gasteiger partial charge in [-0.2, -0.15) is 0 Å². The Hall–Kier alpha value is -2.76. The van der Waals surface area contributed by atoms with Crippen molar-refractivity contribution in [2.24, 2.45) is 0 Å². The standard InChI is InChI=1S/C21H17Cl2NO4/c1-3-28-21(26)19-15(18-16(23)9-13(22)10-17(18)24-19)11-14(20(25)27-2)12-7-5-4-6-8-12/h4-11,24H,3H2,1-2H3/b14-11-. The molecule has 0 aliphatic rings. The molecule has 144 valence electrons. The Morgan fingerprint density at radius 2 is 1.86 bits per heavy atom. The second kappa shape index (κ2) is 8.50. The monoisotopic (exact) mass is 417 g/mol. The maximum atomic E-state index is 12.5. The molecule has 3 aromatic rings. The average Bonchev–Trinajstić information content (AvgIpc) is 3.04. The third-order valence-electron chi connectivity index (χ3n) is 4.11. The molecule has 1 N–H and O–H groups in total. The number of carbonyl (C=O) groups excluding carboxylic acids is 2. The van der Waals surface area contributed by atoms with Crippen LogP contribution in [0.1, 0.15) is 28.5 Å². The molecule has 0 radical (unpaired) electrons. The van der Waals surface area contributed by atoms with Gasteiger partial charge < -0.3 is 14.5 Å². The molecule has 2 aromatic carbocycles. The lowest BCUT2D eigenvalue weighted by Crippen LogP contribution is -2.08. The summed E-state index contributed by atoms with van der Waals surface area (Å²) in [5.41, 5.74) is 2.09. The van der Waals surface area contributed by atoms with Crippen LogP contribution >= 0.6 is 23.2 Å². The lowest BCUT2D eigenvalue weighted by Gasteiger charge is -2.07. The Bertz CT molecular complexity index is 1070. The largest absolute Gasteiger partial charge is 0.465 e. The molecule has 3 rings (SSSR count). The molecular weight excluding hydrogens is 401 g/mol. The van der Waals surface area contributed by atoms with Crippen molar-refractivity contribution >= 4 is 57.7 Å². The summed E-state index contributed by atoms with van der Waals surface area (Å²) in [5.74, 6) is -1.10. The van der Waals surface area contributed by atoms with Crippen LogP contribution in [0.25, 0.3) is 22.6 Å². The number of ether oxygens (including phenoxy) is 2. The van der Waals surface area contributed by atoms with Crippen molar-refractivity contribution in [3.63, 3.8) is 0 Å². The van der Waals surface area contributed by atoms with E-state index in [0.717, 1.165) is 0 Å². The minimum absolute atomic E-state index is 0.179. The Kier molecular flexibility index (Phi) is 6.07. The molecule has 1 aromatic heterocycles. The van der Waals surface area contributed by atoms with Crippen LogP contribution in [-0.4, -0.2) is 30.6 Å². The highest BCUT2D eigenvalue weighted by Crippen LogP contribution is 2.35.